The Balaban J connectivity index is 1.69. The van der Waals surface area contributed by atoms with Gasteiger partial charge in [0.1, 0.15) is 5.65 Å². The van der Waals surface area contributed by atoms with Gasteiger partial charge in [0.15, 0.2) is 0 Å². The van der Waals surface area contributed by atoms with E-state index in [9.17, 15) is 0 Å². The smallest absolute Gasteiger partial charge is 0.137 e. The zero-order chi connectivity index (χ0) is 13.9. The van der Waals surface area contributed by atoms with Gasteiger partial charge in [-0.2, -0.15) is 0 Å². The highest BCUT2D eigenvalue weighted by molar-refractivity contribution is 6.30. The number of pyridine rings is 1. The Bertz CT molecular complexity index is 578. The number of hydrogen-bond acceptors (Lipinski definition) is 3. The maximum Gasteiger partial charge on any atom is 0.137 e. The van der Waals surface area contributed by atoms with Crippen LogP contribution in [0.2, 0.25) is 5.02 Å². The van der Waals surface area contributed by atoms with Crippen LogP contribution in [0, 0.1) is 5.92 Å². The Morgan fingerprint density at radius 3 is 3.15 bits per heavy atom. The van der Waals surface area contributed by atoms with Crippen LogP contribution in [0.5, 0.6) is 0 Å². The predicted molar refractivity (Wildman–Crippen MR) is 82.1 cm³/mol. The van der Waals surface area contributed by atoms with Gasteiger partial charge < -0.3 is 9.72 Å². The molecule has 20 heavy (non-hydrogen) atoms. The van der Waals surface area contributed by atoms with Crippen LogP contribution < -0.4 is 5.32 Å². The highest BCUT2D eigenvalue weighted by Gasteiger charge is 2.20. The number of nitrogens with one attached hydrogen (secondary N) is 1. The largest absolute Gasteiger partial charge is 0.319 e. The Morgan fingerprint density at radius 2 is 2.30 bits per heavy atom. The second-order valence-corrected chi connectivity index (χ2v) is 6.08. The van der Waals surface area contributed by atoms with E-state index < -0.39 is 0 Å². The number of hydrogen-bond donors (Lipinski definition) is 1. The minimum Gasteiger partial charge on any atom is -0.319 e. The van der Waals surface area contributed by atoms with Crippen molar-refractivity contribution >= 4 is 17.2 Å². The molecule has 3 heterocycles. The molecule has 0 amide bonds. The first-order chi connectivity index (χ1) is 9.74. The van der Waals surface area contributed by atoms with E-state index in [1.165, 1.54) is 19.4 Å². The summed E-state index contributed by atoms with van der Waals surface area (Å²) in [6.07, 6.45) is 6.61. The Morgan fingerprint density at radius 1 is 1.40 bits per heavy atom. The van der Waals surface area contributed by atoms with Crippen molar-refractivity contribution in [3.63, 3.8) is 0 Å². The molecule has 3 rings (SSSR count). The summed E-state index contributed by atoms with van der Waals surface area (Å²) < 4.78 is 2.01. The lowest BCUT2D eigenvalue weighted by Crippen LogP contribution is -2.38. The average Bonchev–Trinajstić information content (AvgIpc) is 2.81. The second-order valence-electron chi connectivity index (χ2n) is 5.65. The molecule has 0 saturated carbocycles. The summed E-state index contributed by atoms with van der Waals surface area (Å²) in [5.41, 5.74) is 2.09. The molecule has 5 heteroatoms. The zero-order valence-corrected chi connectivity index (χ0v) is 12.6. The van der Waals surface area contributed by atoms with E-state index in [1.807, 2.05) is 29.8 Å². The van der Waals surface area contributed by atoms with Crippen molar-refractivity contribution in [3.8, 4) is 0 Å². The quantitative estimate of drug-likeness (QED) is 0.939. The minimum absolute atomic E-state index is 0.744. The van der Waals surface area contributed by atoms with E-state index >= 15 is 0 Å². The van der Waals surface area contributed by atoms with Crippen LogP contribution in [0.4, 0.5) is 0 Å². The normalized spacial score (nSPS) is 20.6. The second kappa shape index (κ2) is 6.12. The van der Waals surface area contributed by atoms with Crippen LogP contribution in [-0.2, 0) is 6.54 Å². The van der Waals surface area contributed by atoms with Gasteiger partial charge in [0.25, 0.3) is 0 Å². The molecule has 0 radical (unpaired) electrons. The Labute approximate surface area is 124 Å². The van der Waals surface area contributed by atoms with E-state index in [0.29, 0.717) is 0 Å². The molecule has 0 aliphatic carbocycles. The van der Waals surface area contributed by atoms with Crippen molar-refractivity contribution in [1.29, 1.82) is 0 Å². The van der Waals surface area contributed by atoms with Gasteiger partial charge in [-0.05, 0) is 51.0 Å². The van der Waals surface area contributed by atoms with E-state index in [1.54, 1.807) is 0 Å². The molecule has 2 aromatic heterocycles. The molecular weight excluding hydrogens is 272 g/mol. The highest BCUT2D eigenvalue weighted by Crippen LogP contribution is 2.18. The molecule has 1 N–H and O–H groups in total. The third kappa shape index (κ3) is 3.14. The van der Waals surface area contributed by atoms with Crippen LogP contribution >= 0.6 is 11.6 Å². The Hall–Kier alpha value is -1.10. The van der Waals surface area contributed by atoms with Crippen LogP contribution in [0.15, 0.2) is 24.5 Å². The number of likely N-dealkylation sites (tertiary alicyclic amines) is 1. The van der Waals surface area contributed by atoms with Crippen LogP contribution in [0.3, 0.4) is 0 Å². The number of piperidine rings is 1. The van der Waals surface area contributed by atoms with Crippen LogP contribution in [0.25, 0.3) is 5.65 Å². The molecule has 1 saturated heterocycles. The van der Waals surface area contributed by atoms with Crippen molar-refractivity contribution in [2.24, 2.45) is 5.92 Å². The standard InChI is InChI=1S/C15H21ClN4/c1-17-7-12-3-2-6-19(8-12)10-14-11-20-9-13(16)4-5-15(20)18-14/h4-5,9,11-12,17H,2-3,6-8,10H2,1H3. The fourth-order valence-electron chi connectivity index (χ4n) is 3.07. The topological polar surface area (TPSA) is 32.6 Å². The van der Waals surface area contributed by atoms with E-state index in [-0.39, 0.29) is 0 Å². The average molecular weight is 293 g/mol. The summed E-state index contributed by atoms with van der Waals surface area (Å²) >= 11 is 6.01. The first kappa shape index (κ1) is 13.9. The SMILES string of the molecule is CNCC1CCCN(Cc2cn3cc(Cl)ccc3n2)C1. The third-order valence-electron chi connectivity index (χ3n) is 3.95. The van der Waals surface area contributed by atoms with Gasteiger partial charge in [-0.3, -0.25) is 4.90 Å². The molecular formula is C15H21ClN4. The number of fused-ring (bicyclic) bond motifs is 1. The van der Waals surface area contributed by atoms with Crippen molar-refractivity contribution < 1.29 is 0 Å². The summed E-state index contributed by atoms with van der Waals surface area (Å²) in [6.45, 7) is 4.38. The molecule has 0 aromatic carbocycles. The maximum atomic E-state index is 6.01. The van der Waals surface area contributed by atoms with Gasteiger partial charge >= 0.3 is 0 Å². The van der Waals surface area contributed by atoms with Crippen molar-refractivity contribution in [2.45, 2.75) is 19.4 Å². The first-order valence-electron chi connectivity index (χ1n) is 7.24. The first-order valence-corrected chi connectivity index (χ1v) is 7.62. The fraction of sp³-hybridized carbons (Fsp3) is 0.533. The molecule has 0 spiro atoms. The van der Waals surface area contributed by atoms with Crippen molar-refractivity contribution in [1.82, 2.24) is 19.6 Å². The summed E-state index contributed by atoms with van der Waals surface area (Å²) in [5, 5.41) is 4.03. The highest BCUT2D eigenvalue weighted by atomic mass is 35.5. The molecule has 0 bridgehead atoms. The zero-order valence-electron chi connectivity index (χ0n) is 11.8. The summed E-state index contributed by atoms with van der Waals surface area (Å²) in [6, 6.07) is 3.85. The number of nitrogens with zero attached hydrogens (tertiary/aromatic N) is 3. The van der Waals surface area contributed by atoms with E-state index in [2.05, 4.69) is 21.4 Å². The van der Waals surface area contributed by atoms with Crippen molar-refractivity contribution in [2.75, 3.05) is 26.7 Å². The van der Waals surface area contributed by atoms with Crippen molar-refractivity contribution in [3.05, 3.63) is 35.2 Å². The van der Waals surface area contributed by atoms with Crippen LogP contribution in [0.1, 0.15) is 18.5 Å². The summed E-state index contributed by atoms with van der Waals surface area (Å²) in [4.78, 5) is 7.17. The lowest BCUT2D eigenvalue weighted by Gasteiger charge is -2.32. The molecule has 1 unspecified atom stereocenters. The molecule has 1 fully saturated rings. The lowest BCUT2D eigenvalue weighted by atomic mass is 9.98. The summed E-state index contributed by atoms with van der Waals surface area (Å²) in [5.74, 6) is 0.764. The van der Waals surface area contributed by atoms with E-state index in [4.69, 9.17) is 11.6 Å². The van der Waals surface area contributed by atoms with Crippen LogP contribution in [-0.4, -0.2) is 41.0 Å². The van der Waals surface area contributed by atoms with Gasteiger partial charge in [0, 0.05) is 25.5 Å². The fourth-order valence-corrected chi connectivity index (χ4v) is 3.24. The van der Waals surface area contributed by atoms with E-state index in [0.717, 1.165) is 41.9 Å². The molecule has 1 aliphatic rings. The number of halogens is 1. The molecule has 4 nitrogen and oxygen atoms in total. The minimum atomic E-state index is 0.744. The number of aromatic nitrogens is 2. The molecule has 1 aliphatic heterocycles. The lowest BCUT2D eigenvalue weighted by molar-refractivity contribution is 0.165. The number of imidazole rings is 1. The third-order valence-corrected chi connectivity index (χ3v) is 4.17. The summed E-state index contributed by atoms with van der Waals surface area (Å²) in [7, 11) is 2.03. The van der Waals surface area contributed by atoms with Gasteiger partial charge in [0.05, 0.1) is 10.7 Å². The predicted octanol–water partition coefficient (Wildman–Crippen LogP) is 2.42. The van der Waals surface area contributed by atoms with Gasteiger partial charge in [-0.15, -0.1) is 0 Å². The van der Waals surface area contributed by atoms with Gasteiger partial charge in [-0.25, -0.2) is 4.98 Å². The van der Waals surface area contributed by atoms with Gasteiger partial charge in [-0.1, -0.05) is 11.6 Å². The number of rotatable bonds is 4. The molecule has 1 atom stereocenters. The Kier molecular flexibility index (Phi) is 4.24. The maximum absolute atomic E-state index is 6.01. The monoisotopic (exact) mass is 292 g/mol. The van der Waals surface area contributed by atoms with Gasteiger partial charge in [0.2, 0.25) is 0 Å². The molecule has 108 valence electrons. The molecule has 2 aromatic rings.